The highest BCUT2D eigenvalue weighted by molar-refractivity contribution is 5.99. The molecular weight excluding hydrogens is 322 g/mol. The average molecular weight is 347 g/mol. The summed E-state index contributed by atoms with van der Waals surface area (Å²) in [4.78, 5) is 16.6. The van der Waals surface area contributed by atoms with E-state index >= 15 is 0 Å². The number of fused-ring (bicyclic) bond motifs is 1. The molecule has 4 heteroatoms. The molecule has 1 heterocycles. The van der Waals surface area contributed by atoms with E-state index in [2.05, 4.69) is 26.8 Å². The van der Waals surface area contributed by atoms with E-state index in [1.54, 1.807) is 4.90 Å². The van der Waals surface area contributed by atoms with Crippen molar-refractivity contribution >= 4 is 11.6 Å². The number of hydrogen-bond acceptors (Lipinski definition) is 3. The Labute approximate surface area is 155 Å². The van der Waals surface area contributed by atoms with E-state index in [-0.39, 0.29) is 11.3 Å². The molecule has 1 atom stereocenters. The number of carbonyl (C=O) groups is 1. The minimum absolute atomic E-state index is 0.0203. The van der Waals surface area contributed by atoms with Crippen molar-refractivity contribution in [3.8, 4) is 6.07 Å². The summed E-state index contributed by atoms with van der Waals surface area (Å²) in [5, 5.41) is 9.74. The average Bonchev–Trinajstić information content (AvgIpc) is 2.86. The van der Waals surface area contributed by atoms with Crippen molar-refractivity contribution in [2.45, 2.75) is 38.8 Å². The van der Waals surface area contributed by atoms with Crippen LogP contribution in [-0.4, -0.2) is 24.9 Å². The molecule has 0 N–H and O–H groups in total. The highest BCUT2D eigenvalue weighted by Crippen LogP contribution is 2.37. The zero-order chi connectivity index (χ0) is 19.1. The topological polar surface area (TPSA) is 47.3 Å². The fraction of sp³-hybridized carbons (Fsp3) is 0.364. The first kappa shape index (κ1) is 18.0. The van der Waals surface area contributed by atoms with Crippen LogP contribution in [0.15, 0.2) is 42.5 Å². The summed E-state index contributed by atoms with van der Waals surface area (Å²) < 4.78 is 0. The first-order chi connectivity index (χ1) is 12.2. The summed E-state index contributed by atoms with van der Waals surface area (Å²) in [6.45, 7) is 6.84. The zero-order valence-corrected chi connectivity index (χ0v) is 16.1. The van der Waals surface area contributed by atoms with Crippen LogP contribution >= 0.6 is 0 Å². The molecule has 1 aliphatic heterocycles. The molecule has 2 aromatic carbocycles. The van der Waals surface area contributed by atoms with Crippen molar-refractivity contribution in [2.75, 3.05) is 19.0 Å². The third-order valence-electron chi connectivity index (χ3n) is 4.94. The lowest BCUT2D eigenvalue weighted by Gasteiger charge is -2.22. The van der Waals surface area contributed by atoms with Crippen LogP contribution in [0.2, 0.25) is 0 Å². The van der Waals surface area contributed by atoms with E-state index < -0.39 is 6.04 Å². The van der Waals surface area contributed by atoms with Gasteiger partial charge in [-0.3, -0.25) is 4.79 Å². The monoisotopic (exact) mass is 347 g/mol. The Morgan fingerprint density at radius 1 is 1.12 bits per heavy atom. The second kappa shape index (κ2) is 6.49. The lowest BCUT2D eigenvalue weighted by Crippen LogP contribution is -2.26. The van der Waals surface area contributed by atoms with E-state index in [1.165, 1.54) is 0 Å². The number of nitrogens with zero attached hydrogens (tertiary/aromatic N) is 3. The second-order valence-corrected chi connectivity index (χ2v) is 8.08. The Balaban J connectivity index is 1.91. The largest absolute Gasteiger partial charge is 0.378 e. The van der Waals surface area contributed by atoms with Gasteiger partial charge >= 0.3 is 0 Å². The van der Waals surface area contributed by atoms with Crippen molar-refractivity contribution < 1.29 is 4.79 Å². The van der Waals surface area contributed by atoms with Gasteiger partial charge in [-0.1, -0.05) is 45.0 Å². The molecule has 0 bridgehead atoms. The van der Waals surface area contributed by atoms with Crippen molar-refractivity contribution in [1.29, 1.82) is 5.26 Å². The highest BCUT2D eigenvalue weighted by Gasteiger charge is 2.37. The lowest BCUT2D eigenvalue weighted by molar-refractivity contribution is 0.0744. The number of benzene rings is 2. The quantitative estimate of drug-likeness (QED) is 0.833. The standard InChI is InChI=1S/C22H25N3O/c1-22(2,3)16-8-11-18-19(12-16)20(13-23)25(21(18)26)14-15-6-9-17(10-7-15)24(4)5/h6-12,20H,14H2,1-5H3. The van der Waals surface area contributed by atoms with Gasteiger partial charge in [0.2, 0.25) is 0 Å². The second-order valence-electron chi connectivity index (χ2n) is 8.08. The van der Waals surface area contributed by atoms with E-state index in [0.717, 1.165) is 22.4 Å². The number of rotatable bonds is 3. The molecule has 0 radical (unpaired) electrons. The summed E-state index contributed by atoms with van der Waals surface area (Å²) in [5.74, 6) is -0.0660. The molecule has 134 valence electrons. The van der Waals surface area contributed by atoms with Crippen molar-refractivity contribution in [2.24, 2.45) is 0 Å². The van der Waals surface area contributed by atoms with Crippen molar-refractivity contribution in [3.05, 3.63) is 64.7 Å². The number of anilines is 1. The summed E-state index contributed by atoms with van der Waals surface area (Å²) >= 11 is 0. The molecule has 1 aliphatic rings. The number of amides is 1. The lowest BCUT2D eigenvalue weighted by atomic mass is 9.85. The minimum Gasteiger partial charge on any atom is -0.378 e. The minimum atomic E-state index is -0.534. The van der Waals surface area contributed by atoms with E-state index in [0.29, 0.717) is 12.1 Å². The van der Waals surface area contributed by atoms with Crippen LogP contribution in [-0.2, 0) is 12.0 Å². The molecule has 0 spiro atoms. The van der Waals surface area contributed by atoms with Crippen LogP contribution in [0.1, 0.15) is 53.9 Å². The predicted molar refractivity (Wildman–Crippen MR) is 104 cm³/mol. The van der Waals surface area contributed by atoms with E-state index in [1.807, 2.05) is 61.5 Å². The van der Waals surface area contributed by atoms with Crippen LogP contribution in [0.25, 0.3) is 0 Å². The van der Waals surface area contributed by atoms with Crippen LogP contribution in [0.4, 0.5) is 5.69 Å². The van der Waals surface area contributed by atoms with Gasteiger partial charge < -0.3 is 9.80 Å². The SMILES string of the molecule is CN(C)c1ccc(CN2C(=O)c3ccc(C(C)(C)C)cc3C2C#N)cc1. The molecule has 2 aromatic rings. The maximum Gasteiger partial charge on any atom is 0.255 e. The van der Waals surface area contributed by atoms with Crippen molar-refractivity contribution in [1.82, 2.24) is 4.90 Å². The molecule has 0 saturated heterocycles. The fourth-order valence-electron chi connectivity index (χ4n) is 3.29. The number of carbonyl (C=O) groups excluding carboxylic acids is 1. The van der Waals surface area contributed by atoms with Crippen molar-refractivity contribution in [3.63, 3.8) is 0 Å². The van der Waals surface area contributed by atoms with Gasteiger partial charge in [-0.05, 0) is 34.7 Å². The third kappa shape index (κ3) is 3.17. The number of hydrogen-bond donors (Lipinski definition) is 0. The van der Waals surface area contributed by atoms with Crippen LogP contribution in [0.5, 0.6) is 0 Å². The molecule has 4 nitrogen and oxygen atoms in total. The van der Waals surface area contributed by atoms with E-state index in [9.17, 15) is 10.1 Å². The Kier molecular flexibility index (Phi) is 4.50. The molecule has 1 unspecified atom stereocenters. The predicted octanol–water partition coefficient (Wildman–Crippen LogP) is 4.27. The summed E-state index contributed by atoms with van der Waals surface area (Å²) in [6.07, 6.45) is 0. The highest BCUT2D eigenvalue weighted by atomic mass is 16.2. The van der Waals surface area contributed by atoms with Gasteiger partial charge in [-0.2, -0.15) is 5.26 Å². The summed E-state index contributed by atoms with van der Waals surface area (Å²) in [5.41, 5.74) is 4.73. The van der Waals surface area contributed by atoms with Gasteiger partial charge in [0.1, 0.15) is 6.04 Å². The summed E-state index contributed by atoms with van der Waals surface area (Å²) in [6, 6.07) is 15.8. The zero-order valence-electron chi connectivity index (χ0n) is 16.1. The maximum atomic E-state index is 12.9. The first-order valence-corrected chi connectivity index (χ1v) is 8.83. The molecule has 0 fully saturated rings. The van der Waals surface area contributed by atoms with Gasteiger partial charge in [0, 0.05) is 37.5 Å². The Morgan fingerprint density at radius 3 is 2.31 bits per heavy atom. The van der Waals surface area contributed by atoms with Gasteiger partial charge in [0.05, 0.1) is 6.07 Å². The van der Waals surface area contributed by atoms with Crippen LogP contribution in [0, 0.1) is 11.3 Å². The van der Waals surface area contributed by atoms with Gasteiger partial charge in [-0.15, -0.1) is 0 Å². The fourth-order valence-corrected chi connectivity index (χ4v) is 3.29. The Hall–Kier alpha value is -2.80. The molecule has 3 rings (SSSR count). The molecule has 26 heavy (non-hydrogen) atoms. The number of nitriles is 1. The normalized spacial score (nSPS) is 16.4. The molecule has 0 aliphatic carbocycles. The van der Waals surface area contributed by atoms with Crippen LogP contribution < -0.4 is 4.90 Å². The molecular formula is C22H25N3O. The molecule has 0 saturated carbocycles. The molecule has 0 aromatic heterocycles. The molecule has 1 amide bonds. The van der Waals surface area contributed by atoms with Gasteiger partial charge in [-0.25, -0.2) is 0 Å². The smallest absolute Gasteiger partial charge is 0.255 e. The van der Waals surface area contributed by atoms with Gasteiger partial charge in [0.25, 0.3) is 5.91 Å². The Bertz CT molecular complexity index is 870. The third-order valence-corrected chi connectivity index (χ3v) is 4.94. The Morgan fingerprint density at radius 2 is 1.77 bits per heavy atom. The summed E-state index contributed by atoms with van der Waals surface area (Å²) in [7, 11) is 3.99. The van der Waals surface area contributed by atoms with Crippen LogP contribution in [0.3, 0.4) is 0 Å². The first-order valence-electron chi connectivity index (χ1n) is 8.83. The maximum absolute atomic E-state index is 12.9. The van der Waals surface area contributed by atoms with Gasteiger partial charge in [0.15, 0.2) is 0 Å². The van der Waals surface area contributed by atoms with E-state index in [4.69, 9.17) is 0 Å².